The maximum absolute atomic E-state index is 12.2. The third kappa shape index (κ3) is 3.36. The fourth-order valence-electron chi connectivity index (χ4n) is 3.35. The minimum Gasteiger partial charge on any atom is -0.324 e. The van der Waals surface area contributed by atoms with Crippen LogP contribution >= 0.6 is 0 Å². The third-order valence-corrected chi connectivity index (χ3v) is 4.67. The second-order valence-electron chi connectivity index (χ2n) is 6.82. The molecule has 8 nitrogen and oxygen atoms in total. The van der Waals surface area contributed by atoms with Crippen molar-refractivity contribution in [2.75, 3.05) is 19.6 Å². The van der Waals surface area contributed by atoms with Gasteiger partial charge < -0.3 is 5.32 Å². The molecule has 2 aliphatic rings. The van der Waals surface area contributed by atoms with Crippen molar-refractivity contribution >= 4 is 11.9 Å². The molecule has 3 rings (SSSR count). The molecule has 2 saturated heterocycles. The van der Waals surface area contributed by atoms with E-state index in [1.807, 2.05) is 4.68 Å². The van der Waals surface area contributed by atoms with Crippen molar-refractivity contribution in [1.82, 2.24) is 29.9 Å². The van der Waals surface area contributed by atoms with Crippen LogP contribution in [0.5, 0.6) is 0 Å². The molecule has 126 valence electrons. The molecule has 0 aromatic carbocycles. The zero-order valence-electron chi connectivity index (χ0n) is 13.7. The molecule has 1 atom stereocenters. The first kappa shape index (κ1) is 15.9. The van der Waals surface area contributed by atoms with E-state index >= 15 is 0 Å². The number of aromatic nitrogens is 3. The number of rotatable bonds is 5. The van der Waals surface area contributed by atoms with Crippen LogP contribution in [0.3, 0.4) is 0 Å². The first-order valence-electron chi connectivity index (χ1n) is 8.18. The largest absolute Gasteiger partial charge is 0.325 e. The smallest absolute Gasteiger partial charge is 0.324 e. The summed E-state index contributed by atoms with van der Waals surface area (Å²) in [5.41, 5.74) is -0.793. The van der Waals surface area contributed by atoms with Gasteiger partial charge >= 0.3 is 6.03 Å². The zero-order valence-corrected chi connectivity index (χ0v) is 13.7. The van der Waals surface area contributed by atoms with Gasteiger partial charge in [0.05, 0.1) is 6.54 Å². The maximum atomic E-state index is 12.2. The van der Waals surface area contributed by atoms with Crippen molar-refractivity contribution in [1.29, 1.82) is 0 Å². The van der Waals surface area contributed by atoms with Gasteiger partial charge in [0.25, 0.3) is 5.91 Å². The zero-order chi connectivity index (χ0) is 16.4. The molecule has 1 N–H and O–H groups in total. The van der Waals surface area contributed by atoms with Gasteiger partial charge in [-0.3, -0.25) is 19.3 Å². The molecule has 3 heterocycles. The van der Waals surface area contributed by atoms with Crippen LogP contribution in [0, 0.1) is 0 Å². The fraction of sp³-hybridized carbons (Fsp3) is 0.733. The van der Waals surface area contributed by atoms with Gasteiger partial charge in [-0.15, -0.1) is 0 Å². The minimum atomic E-state index is -0.793. The number of hydrogen-bond donors (Lipinski definition) is 1. The number of carbonyl (C=O) groups is 2. The van der Waals surface area contributed by atoms with Crippen molar-refractivity contribution in [3.8, 4) is 0 Å². The Morgan fingerprint density at radius 1 is 1.30 bits per heavy atom. The summed E-state index contributed by atoms with van der Waals surface area (Å²) in [4.78, 5) is 31.9. The average molecular weight is 320 g/mol. The Kier molecular flexibility index (Phi) is 4.34. The molecule has 0 saturated carbocycles. The lowest BCUT2D eigenvalue weighted by atomic mass is 10.0. The lowest BCUT2D eigenvalue weighted by Gasteiger charge is -2.36. The van der Waals surface area contributed by atoms with E-state index in [9.17, 15) is 9.59 Å². The van der Waals surface area contributed by atoms with Crippen LogP contribution in [0.4, 0.5) is 4.79 Å². The van der Waals surface area contributed by atoms with Gasteiger partial charge in [-0.1, -0.05) is 6.42 Å². The Balaban J connectivity index is 1.59. The molecule has 2 aliphatic heterocycles. The van der Waals surface area contributed by atoms with Crippen molar-refractivity contribution in [2.45, 2.75) is 51.2 Å². The molecule has 0 aliphatic carbocycles. The molecular formula is C15H24N6O2. The Hall–Kier alpha value is -1.96. The van der Waals surface area contributed by atoms with Gasteiger partial charge in [-0.2, -0.15) is 5.10 Å². The normalized spacial score (nSPS) is 25.0. The molecule has 2 fully saturated rings. The summed E-state index contributed by atoms with van der Waals surface area (Å²) in [6, 6.07) is 0.0871. The summed E-state index contributed by atoms with van der Waals surface area (Å²) in [7, 11) is 0. The third-order valence-electron chi connectivity index (χ3n) is 4.67. The van der Waals surface area contributed by atoms with E-state index < -0.39 is 5.54 Å². The summed E-state index contributed by atoms with van der Waals surface area (Å²) in [5, 5.41) is 6.90. The summed E-state index contributed by atoms with van der Waals surface area (Å²) < 4.78 is 1.85. The lowest BCUT2D eigenvalue weighted by Crippen LogP contribution is -2.47. The number of piperidine rings is 1. The maximum Gasteiger partial charge on any atom is 0.325 e. The number of hydrogen-bond acceptors (Lipinski definition) is 5. The molecular weight excluding hydrogens is 296 g/mol. The number of imide groups is 1. The second kappa shape index (κ2) is 6.27. The SMILES string of the molecule is CC1(C)NC(=O)N(CCN2CCCC[C@@H]2Cn2cncn2)C1=O. The molecule has 8 heteroatoms. The van der Waals surface area contributed by atoms with Gasteiger partial charge in [0.1, 0.15) is 18.2 Å². The number of urea groups is 1. The van der Waals surface area contributed by atoms with Crippen LogP contribution in [0.2, 0.25) is 0 Å². The summed E-state index contributed by atoms with van der Waals surface area (Å²) in [6.07, 6.45) is 6.73. The van der Waals surface area contributed by atoms with Crippen LogP contribution in [-0.4, -0.2) is 67.7 Å². The van der Waals surface area contributed by atoms with Crippen LogP contribution in [0.25, 0.3) is 0 Å². The van der Waals surface area contributed by atoms with E-state index in [1.165, 1.54) is 11.3 Å². The van der Waals surface area contributed by atoms with Crippen LogP contribution in [-0.2, 0) is 11.3 Å². The van der Waals surface area contributed by atoms with Gasteiger partial charge in [-0.05, 0) is 33.2 Å². The Morgan fingerprint density at radius 2 is 2.13 bits per heavy atom. The van der Waals surface area contributed by atoms with E-state index in [0.717, 1.165) is 25.9 Å². The van der Waals surface area contributed by atoms with Gasteiger partial charge in [0.2, 0.25) is 0 Å². The standard InChI is InChI=1S/C15H24N6O2/c1-15(2)13(22)21(14(23)18-15)8-7-19-6-4-3-5-12(19)9-20-11-16-10-17-20/h10-12H,3-9H2,1-2H3,(H,18,23)/t12-/m1/s1. The molecule has 0 radical (unpaired) electrons. The monoisotopic (exact) mass is 320 g/mol. The minimum absolute atomic E-state index is 0.146. The molecule has 0 unspecified atom stereocenters. The van der Waals surface area contributed by atoms with Crippen LogP contribution < -0.4 is 5.32 Å². The van der Waals surface area contributed by atoms with Gasteiger partial charge in [0.15, 0.2) is 0 Å². The van der Waals surface area contributed by atoms with Gasteiger partial charge in [0, 0.05) is 19.1 Å². The number of amides is 3. The Morgan fingerprint density at radius 3 is 2.78 bits per heavy atom. The summed E-state index contributed by atoms with van der Waals surface area (Å²) >= 11 is 0. The van der Waals surface area contributed by atoms with Crippen molar-refractivity contribution in [3.05, 3.63) is 12.7 Å². The predicted octanol–water partition coefficient (Wildman–Crippen LogP) is 0.463. The van der Waals surface area contributed by atoms with E-state index in [2.05, 4.69) is 20.3 Å². The molecule has 0 spiro atoms. The highest BCUT2D eigenvalue weighted by molar-refractivity contribution is 6.06. The second-order valence-corrected chi connectivity index (χ2v) is 6.82. The number of nitrogens with zero attached hydrogens (tertiary/aromatic N) is 5. The summed E-state index contributed by atoms with van der Waals surface area (Å²) in [5.74, 6) is -0.146. The van der Waals surface area contributed by atoms with Crippen LogP contribution in [0.1, 0.15) is 33.1 Å². The average Bonchev–Trinajstić information content (AvgIpc) is 3.07. The van der Waals surface area contributed by atoms with E-state index in [1.54, 1.807) is 26.5 Å². The number of likely N-dealkylation sites (tertiary alicyclic amines) is 1. The van der Waals surface area contributed by atoms with E-state index in [4.69, 9.17) is 0 Å². The highest BCUT2D eigenvalue weighted by atomic mass is 16.2. The molecule has 3 amide bonds. The Bertz CT molecular complexity index is 571. The predicted molar refractivity (Wildman–Crippen MR) is 83.6 cm³/mol. The topological polar surface area (TPSA) is 83.4 Å². The van der Waals surface area contributed by atoms with E-state index in [-0.39, 0.29) is 11.9 Å². The first-order valence-corrected chi connectivity index (χ1v) is 8.18. The molecule has 1 aromatic heterocycles. The highest BCUT2D eigenvalue weighted by Crippen LogP contribution is 2.20. The van der Waals surface area contributed by atoms with Crippen molar-refractivity contribution in [3.63, 3.8) is 0 Å². The van der Waals surface area contributed by atoms with Crippen molar-refractivity contribution < 1.29 is 9.59 Å². The van der Waals surface area contributed by atoms with Crippen molar-refractivity contribution in [2.24, 2.45) is 0 Å². The number of carbonyl (C=O) groups excluding carboxylic acids is 2. The summed E-state index contributed by atoms with van der Waals surface area (Å²) in [6.45, 7) is 6.40. The first-order chi connectivity index (χ1) is 11.0. The number of nitrogens with one attached hydrogen (secondary N) is 1. The quantitative estimate of drug-likeness (QED) is 0.797. The molecule has 23 heavy (non-hydrogen) atoms. The van der Waals surface area contributed by atoms with Crippen LogP contribution in [0.15, 0.2) is 12.7 Å². The molecule has 1 aromatic rings. The lowest BCUT2D eigenvalue weighted by molar-refractivity contribution is -0.130. The molecule has 0 bridgehead atoms. The highest BCUT2D eigenvalue weighted by Gasteiger charge is 2.44. The van der Waals surface area contributed by atoms with E-state index in [0.29, 0.717) is 19.1 Å². The fourth-order valence-corrected chi connectivity index (χ4v) is 3.35. The van der Waals surface area contributed by atoms with Gasteiger partial charge in [-0.25, -0.2) is 9.78 Å². The Labute approximate surface area is 135 Å².